The molecule has 1 aromatic rings. The van der Waals surface area contributed by atoms with Gasteiger partial charge in [-0.05, 0) is 18.4 Å². The van der Waals surface area contributed by atoms with Crippen LogP contribution in [0.15, 0.2) is 30.3 Å². The van der Waals surface area contributed by atoms with Gasteiger partial charge in [-0.15, -0.1) is 0 Å². The molecule has 0 aliphatic carbocycles. The molecule has 0 fully saturated rings. The maximum Gasteiger partial charge on any atom is 0.338 e. The van der Waals surface area contributed by atoms with E-state index in [2.05, 4.69) is 0 Å². The second kappa shape index (κ2) is 8.86. The highest BCUT2D eigenvalue weighted by Crippen LogP contribution is 2.16. The molecule has 0 radical (unpaired) electrons. The molecule has 7 nitrogen and oxygen atoms in total. The molecule has 0 bridgehead atoms. The van der Waals surface area contributed by atoms with Gasteiger partial charge < -0.3 is 25.2 Å². The number of aliphatic hydroxyl groups is 4. The highest BCUT2D eigenvalue weighted by atomic mass is 32.2. The molecule has 0 heterocycles. The lowest BCUT2D eigenvalue weighted by Gasteiger charge is -2.27. The van der Waals surface area contributed by atoms with E-state index in [1.54, 1.807) is 18.2 Å². The predicted molar refractivity (Wildman–Crippen MR) is 79.3 cm³/mol. The van der Waals surface area contributed by atoms with Crippen molar-refractivity contribution in [3.8, 4) is 0 Å². The summed E-state index contributed by atoms with van der Waals surface area (Å²) in [7, 11) is 0. The smallest absolute Gasteiger partial charge is 0.338 e. The number of hydrogen-bond donors (Lipinski definition) is 4. The Morgan fingerprint density at radius 3 is 2.23 bits per heavy atom. The zero-order valence-corrected chi connectivity index (χ0v) is 12.6. The molecule has 4 atom stereocenters. The first kappa shape index (κ1) is 18.6. The van der Waals surface area contributed by atoms with Gasteiger partial charge in [-0.2, -0.15) is 0 Å². The summed E-state index contributed by atoms with van der Waals surface area (Å²) in [6.45, 7) is -0.814. The number of benzene rings is 1. The zero-order chi connectivity index (χ0) is 16.7. The third-order valence-electron chi connectivity index (χ3n) is 2.92. The van der Waals surface area contributed by atoms with E-state index in [1.165, 1.54) is 18.4 Å². The van der Waals surface area contributed by atoms with E-state index in [-0.39, 0.29) is 5.56 Å². The third-order valence-corrected chi connectivity index (χ3v) is 3.55. The summed E-state index contributed by atoms with van der Waals surface area (Å²) in [5, 5.41) is 37.0. The summed E-state index contributed by atoms with van der Waals surface area (Å²) in [4.78, 5) is 23.8. The number of thioether (sulfide) groups is 1. The van der Waals surface area contributed by atoms with Crippen LogP contribution in [0.4, 0.5) is 0 Å². The van der Waals surface area contributed by atoms with Crippen molar-refractivity contribution < 1.29 is 34.8 Å². The van der Waals surface area contributed by atoms with Crippen LogP contribution in [0, 0.1) is 0 Å². The van der Waals surface area contributed by atoms with E-state index < -0.39 is 42.1 Å². The minimum absolute atomic E-state index is 0.172. The quantitative estimate of drug-likeness (QED) is 0.478. The summed E-state index contributed by atoms with van der Waals surface area (Å²) >= 11 is 0.704. The van der Waals surface area contributed by atoms with E-state index >= 15 is 0 Å². The molecule has 0 spiro atoms. The van der Waals surface area contributed by atoms with Crippen LogP contribution in [0.25, 0.3) is 0 Å². The molecule has 1 aromatic carbocycles. The van der Waals surface area contributed by atoms with Crippen molar-refractivity contribution in [2.75, 3.05) is 12.9 Å². The Kier molecular flexibility index (Phi) is 7.49. The highest BCUT2D eigenvalue weighted by molar-refractivity contribution is 8.13. The highest BCUT2D eigenvalue weighted by Gasteiger charge is 2.38. The maximum atomic E-state index is 12.0. The molecule has 0 aliphatic rings. The van der Waals surface area contributed by atoms with Crippen LogP contribution < -0.4 is 0 Å². The molecule has 122 valence electrons. The van der Waals surface area contributed by atoms with Gasteiger partial charge in [0.05, 0.1) is 12.2 Å². The molecule has 0 saturated heterocycles. The van der Waals surface area contributed by atoms with Crippen LogP contribution in [0.1, 0.15) is 10.4 Å². The van der Waals surface area contributed by atoms with Crippen molar-refractivity contribution in [1.29, 1.82) is 0 Å². The van der Waals surface area contributed by atoms with Crippen LogP contribution in [0.2, 0.25) is 0 Å². The summed E-state index contributed by atoms with van der Waals surface area (Å²) in [5.74, 6) is -0.849. The van der Waals surface area contributed by atoms with Crippen molar-refractivity contribution in [1.82, 2.24) is 0 Å². The van der Waals surface area contributed by atoms with Gasteiger partial charge >= 0.3 is 5.97 Å². The molecule has 0 saturated carbocycles. The summed E-state index contributed by atoms with van der Waals surface area (Å²) in [6.07, 6.45) is -5.61. The van der Waals surface area contributed by atoms with Gasteiger partial charge in [0, 0.05) is 0 Å². The van der Waals surface area contributed by atoms with Gasteiger partial charge in [0.15, 0.2) is 6.10 Å². The Balaban J connectivity index is 2.89. The molecule has 22 heavy (non-hydrogen) atoms. The molecule has 8 heteroatoms. The summed E-state index contributed by atoms with van der Waals surface area (Å²) in [6, 6.07) is 7.83. The Hall–Kier alpha value is -1.45. The van der Waals surface area contributed by atoms with Crippen molar-refractivity contribution in [3.63, 3.8) is 0 Å². The molecular formula is C14H18O7S. The van der Waals surface area contributed by atoms with Crippen LogP contribution in [0.3, 0.4) is 0 Å². The first-order valence-corrected chi connectivity index (χ1v) is 7.63. The molecule has 0 aromatic heterocycles. The Morgan fingerprint density at radius 1 is 1.14 bits per heavy atom. The fraction of sp³-hybridized carbons (Fsp3) is 0.429. The third kappa shape index (κ3) is 4.79. The van der Waals surface area contributed by atoms with Crippen LogP contribution >= 0.6 is 11.8 Å². The predicted octanol–water partition coefficient (Wildman–Crippen LogP) is -0.823. The van der Waals surface area contributed by atoms with E-state index in [9.17, 15) is 24.9 Å². The van der Waals surface area contributed by atoms with Gasteiger partial charge in [0.2, 0.25) is 5.12 Å². The minimum atomic E-state index is -1.87. The van der Waals surface area contributed by atoms with Crippen molar-refractivity contribution in [2.45, 2.75) is 24.4 Å². The normalized spacial score (nSPS) is 16.4. The minimum Gasteiger partial charge on any atom is -0.447 e. The number of ether oxygens (including phenoxy) is 1. The first-order valence-electron chi connectivity index (χ1n) is 6.41. The van der Waals surface area contributed by atoms with E-state index in [0.29, 0.717) is 11.8 Å². The molecule has 0 unspecified atom stereocenters. The summed E-state index contributed by atoms with van der Waals surface area (Å²) in [5.41, 5.74) is 0.172. The largest absolute Gasteiger partial charge is 0.447 e. The second-order valence-corrected chi connectivity index (χ2v) is 5.26. The average Bonchev–Trinajstić information content (AvgIpc) is 2.57. The SMILES string of the molecule is CSC(=O)[C@H](OC(=O)c1ccccc1)[C@@H](O)[C@H](O)[C@H](O)CO. The van der Waals surface area contributed by atoms with Gasteiger partial charge in [-0.3, -0.25) is 4.79 Å². The molecule has 4 N–H and O–H groups in total. The van der Waals surface area contributed by atoms with E-state index in [4.69, 9.17) is 9.84 Å². The number of rotatable bonds is 7. The monoisotopic (exact) mass is 330 g/mol. The zero-order valence-electron chi connectivity index (χ0n) is 11.8. The number of aliphatic hydroxyl groups excluding tert-OH is 4. The van der Waals surface area contributed by atoms with Gasteiger partial charge in [-0.25, -0.2) is 4.79 Å². The van der Waals surface area contributed by atoms with Crippen LogP contribution in [0.5, 0.6) is 0 Å². The molecular weight excluding hydrogens is 312 g/mol. The lowest BCUT2D eigenvalue weighted by Crippen LogP contribution is -2.49. The second-order valence-electron chi connectivity index (χ2n) is 4.45. The fourth-order valence-corrected chi connectivity index (χ4v) is 2.07. The average molecular weight is 330 g/mol. The van der Waals surface area contributed by atoms with Gasteiger partial charge in [0.1, 0.15) is 18.3 Å². The molecule has 0 aliphatic heterocycles. The van der Waals surface area contributed by atoms with E-state index in [0.717, 1.165) is 0 Å². The lowest BCUT2D eigenvalue weighted by atomic mass is 10.0. The number of carbonyl (C=O) groups is 2. The maximum absolute atomic E-state index is 12.0. The topological polar surface area (TPSA) is 124 Å². The van der Waals surface area contributed by atoms with Crippen molar-refractivity contribution in [2.24, 2.45) is 0 Å². The fourth-order valence-electron chi connectivity index (χ4n) is 1.65. The van der Waals surface area contributed by atoms with E-state index in [1.807, 2.05) is 0 Å². The Bertz CT molecular complexity index is 493. The van der Waals surface area contributed by atoms with Crippen molar-refractivity contribution in [3.05, 3.63) is 35.9 Å². The molecule has 1 rings (SSSR count). The lowest BCUT2D eigenvalue weighted by molar-refractivity contribution is -0.140. The Morgan fingerprint density at radius 2 is 1.73 bits per heavy atom. The first-order chi connectivity index (χ1) is 10.4. The van der Waals surface area contributed by atoms with Crippen molar-refractivity contribution >= 4 is 22.8 Å². The van der Waals surface area contributed by atoms with Gasteiger partial charge in [-0.1, -0.05) is 30.0 Å². The van der Waals surface area contributed by atoms with Gasteiger partial charge in [0.25, 0.3) is 0 Å². The number of carbonyl (C=O) groups excluding carboxylic acids is 2. The Labute approximate surface area is 131 Å². The standard InChI is InChI=1S/C14H18O7S/c1-22-14(20)12(11(18)10(17)9(16)7-15)21-13(19)8-5-3-2-4-6-8/h2-6,9-12,15-18H,7H2,1H3/t9-,10-,11+,12-/m1/s1. The number of hydrogen-bond acceptors (Lipinski definition) is 8. The van der Waals surface area contributed by atoms with Crippen LogP contribution in [-0.2, 0) is 9.53 Å². The number of esters is 1. The summed E-state index contributed by atoms with van der Waals surface area (Å²) < 4.78 is 4.95. The van der Waals surface area contributed by atoms with Crippen LogP contribution in [-0.4, -0.2) is 68.8 Å². The molecule has 0 amide bonds.